The minimum absolute atomic E-state index is 0.0650. The highest BCUT2D eigenvalue weighted by Gasteiger charge is 2.17. The molecule has 0 spiro atoms. The van der Waals surface area contributed by atoms with Crippen LogP contribution in [0.5, 0.6) is 0 Å². The number of hydrogen-bond donors (Lipinski definition) is 1. The van der Waals surface area contributed by atoms with E-state index in [1.165, 1.54) is 5.56 Å². The molecule has 0 bridgehead atoms. The highest BCUT2D eigenvalue weighted by molar-refractivity contribution is 5.94. The molecule has 1 aliphatic rings. The molecular formula is C25H28N4O. The van der Waals surface area contributed by atoms with Crippen LogP contribution in [0.1, 0.15) is 15.9 Å². The van der Waals surface area contributed by atoms with Crippen LogP contribution in [-0.2, 0) is 6.54 Å². The Morgan fingerprint density at radius 1 is 0.833 bits per heavy atom. The molecule has 0 saturated carbocycles. The third kappa shape index (κ3) is 5.53. The van der Waals surface area contributed by atoms with E-state index >= 15 is 0 Å². The fourth-order valence-electron chi connectivity index (χ4n) is 3.75. The van der Waals surface area contributed by atoms with Crippen molar-refractivity contribution in [3.05, 3.63) is 90.1 Å². The van der Waals surface area contributed by atoms with Crippen molar-refractivity contribution < 1.29 is 4.79 Å². The molecule has 4 rings (SSSR count). The quantitative estimate of drug-likeness (QED) is 0.661. The van der Waals surface area contributed by atoms with Crippen molar-refractivity contribution in [2.75, 3.05) is 39.3 Å². The lowest BCUT2D eigenvalue weighted by Gasteiger charge is -2.34. The Hall–Kier alpha value is -3.02. The lowest BCUT2D eigenvalue weighted by atomic mass is 10.1. The number of nitrogens with zero attached hydrogens (tertiary/aromatic N) is 3. The molecule has 154 valence electrons. The van der Waals surface area contributed by atoms with Gasteiger partial charge in [0, 0.05) is 57.6 Å². The van der Waals surface area contributed by atoms with Crippen LogP contribution < -0.4 is 5.32 Å². The molecule has 0 radical (unpaired) electrons. The summed E-state index contributed by atoms with van der Waals surface area (Å²) in [6, 6.07) is 24.3. The number of pyridine rings is 1. The molecule has 1 amide bonds. The summed E-state index contributed by atoms with van der Waals surface area (Å²) in [5.74, 6) is -0.0650. The van der Waals surface area contributed by atoms with Crippen molar-refractivity contribution in [3.8, 4) is 11.3 Å². The molecule has 0 unspecified atom stereocenters. The summed E-state index contributed by atoms with van der Waals surface area (Å²) in [5, 5.41) is 3.02. The summed E-state index contributed by atoms with van der Waals surface area (Å²) >= 11 is 0. The summed E-state index contributed by atoms with van der Waals surface area (Å²) in [6.07, 6.45) is 1.65. The van der Waals surface area contributed by atoms with Gasteiger partial charge in [0.15, 0.2) is 0 Å². The van der Waals surface area contributed by atoms with E-state index in [0.29, 0.717) is 12.1 Å². The number of benzene rings is 2. The molecule has 0 aliphatic carbocycles. The third-order valence-electron chi connectivity index (χ3n) is 5.52. The van der Waals surface area contributed by atoms with Crippen LogP contribution >= 0.6 is 0 Å². The maximum absolute atomic E-state index is 12.4. The zero-order valence-electron chi connectivity index (χ0n) is 17.2. The second kappa shape index (κ2) is 10.1. The second-order valence-electron chi connectivity index (χ2n) is 7.66. The van der Waals surface area contributed by atoms with Crippen molar-refractivity contribution >= 4 is 5.91 Å². The molecule has 5 nitrogen and oxygen atoms in total. The normalized spacial score (nSPS) is 15.1. The van der Waals surface area contributed by atoms with E-state index < -0.39 is 0 Å². The smallest absolute Gasteiger partial charge is 0.252 e. The Morgan fingerprint density at radius 3 is 2.17 bits per heavy atom. The highest BCUT2D eigenvalue weighted by atomic mass is 16.1. The highest BCUT2D eigenvalue weighted by Crippen LogP contribution is 2.16. The van der Waals surface area contributed by atoms with Crippen LogP contribution in [0.3, 0.4) is 0 Å². The Labute approximate surface area is 178 Å². The van der Waals surface area contributed by atoms with Crippen molar-refractivity contribution in [2.24, 2.45) is 0 Å². The van der Waals surface area contributed by atoms with E-state index in [4.69, 9.17) is 0 Å². The van der Waals surface area contributed by atoms with Crippen molar-refractivity contribution in [1.82, 2.24) is 20.1 Å². The standard InChI is InChI=1S/C25H28N4O/c30-25(23-11-12-24(27-19-23)22-9-5-2-6-10-22)26-13-14-28-15-17-29(18-16-28)20-21-7-3-1-4-8-21/h1-12,19H,13-18,20H2,(H,26,30). The molecule has 1 aromatic heterocycles. The molecule has 2 aromatic carbocycles. The Kier molecular flexibility index (Phi) is 6.85. The number of carbonyl (C=O) groups excluding carboxylic acids is 1. The minimum atomic E-state index is -0.0650. The second-order valence-corrected chi connectivity index (χ2v) is 7.66. The van der Waals surface area contributed by atoms with E-state index in [9.17, 15) is 4.79 Å². The summed E-state index contributed by atoms with van der Waals surface area (Å²) in [4.78, 5) is 21.8. The molecule has 5 heteroatoms. The first-order chi connectivity index (χ1) is 14.8. The Balaban J connectivity index is 1.18. The molecule has 2 heterocycles. The largest absolute Gasteiger partial charge is 0.351 e. The van der Waals surface area contributed by atoms with Crippen LogP contribution in [-0.4, -0.2) is 60.0 Å². The third-order valence-corrected chi connectivity index (χ3v) is 5.52. The van der Waals surface area contributed by atoms with Gasteiger partial charge in [-0.1, -0.05) is 60.7 Å². The Bertz CT molecular complexity index is 920. The van der Waals surface area contributed by atoms with Gasteiger partial charge in [0.25, 0.3) is 5.91 Å². The SMILES string of the molecule is O=C(NCCN1CCN(Cc2ccccc2)CC1)c1ccc(-c2ccccc2)nc1. The number of hydrogen-bond acceptors (Lipinski definition) is 4. The maximum Gasteiger partial charge on any atom is 0.252 e. The van der Waals surface area contributed by atoms with Crippen LogP contribution in [0.25, 0.3) is 11.3 Å². The van der Waals surface area contributed by atoms with E-state index in [1.807, 2.05) is 42.5 Å². The predicted octanol–water partition coefficient (Wildman–Crippen LogP) is 3.30. The first-order valence-electron chi connectivity index (χ1n) is 10.6. The number of carbonyl (C=O) groups is 1. The van der Waals surface area contributed by atoms with Gasteiger partial charge < -0.3 is 5.32 Å². The predicted molar refractivity (Wildman–Crippen MR) is 120 cm³/mol. The monoisotopic (exact) mass is 400 g/mol. The van der Waals surface area contributed by atoms with Gasteiger partial charge in [-0.2, -0.15) is 0 Å². The molecule has 3 aromatic rings. The van der Waals surface area contributed by atoms with Crippen LogP contribution in [0.4, 0.5) is 0 Å². The summed E-state index contributed by atoms with van der Waals surface area (Å²) in [6.45, 7) is 6.74. The van der Waals surface area contributed by atoms with E-state index in [0.717, 1.165) is 50.5 Å². The van der Waals surface area contributed by atoms with Gasteiger partial charge in [-0.25, -0.2) is 0 Å². The first kappa shape index (κ1) is 20.3. The number of piperazine rings is 1. The van der Waals surface area contributed by atoms with E-state index in [2.05, 4.69) is 50.4 Å². The zero-order valence-corrected chi connectivity index (χ0v) is 17.2. The van der Waals surface area contributed by atoms with Gasteiger partial charge in [0.1, 0.15) is 0 Å². The van der Waals surface area contributed by atoms with Gasteiger partial charge in [-0.05, 0) is 17.7 Å². The number of aromatic nitrogens is 1. The van der Waals surface area contributed by atoms with Crippen molar-refractivity contribution in [2.45, 2.75) is 6.54 Å². The van der Waals surface area contributed by atoms with Gasteiger partial charge in [0.05, 0.1) is 11.3 Å². The van der Waals surface area contributed by atoms with Crippen LogP contribution in [0.15, 0.2) is 79.0 Å². The van der Waals surface area contributed by atoms with Crippen LogP contribution in [0, 0.1) is 0 Å². The first-order valence-corrected chi connectivity index (χ1v) is 10.6. The lowest BCUT2D eigenvalue weighted by molar-refractivity contribution is 0.0934. The molecule has 1 fully saturated rings. The Morgan fingerprint density at radius 2 is 1.50 bits per heavy atom. The van der Waals surface area contributed by atoms with Crippen molar-refractivity contribution in [3.63, 3.8) is 0 Å². The summed E-state index contributed by atoms with van der Waals surface area (Å²) in [5.41, 5.74) is 3.89. The molecule has 1 N–H and O–H groups in total. The molecule has 1 aliphatic heterocycles. The average Bonchev–Trinajstić information content (AvgIpc) is 2.81. The van der Waals surface area contributed by atoms with E-state index in [-0.39, 0.29) is 5.91 Å². The summed E-state index contributed by atoms with van der Waals surface area (Å²) in [7, 11) is 0. The zero-order chi connectivity index (χ0) is 20.6. The number of amides is 1. The molecule has 30 heavy (non-hydrogen) atoms. The molecule has 1 saturated heterocycles. The van der Waals surface area contributed by atoms with Crippen LogP contribution in [0.2, 0.25) is 0 Å². The maximum atomic E-state index is 12.4. The topological polar surface area (TPSA) is 48.5 Å². The lowest BCUT2D eigenvalue weighted by Crippen LogP contribution is -2.48. The molecular weight excluding hydrogens is 372 g/mol. The molecule has 0 atom stereocenters. The van der Waals surface area contributed by atoms with E-state index in [1.54, 1.807) is 6.20 Å². The van der Waals surface area contributed by atoms with Gasteiger partial charge in [-0.15, -0.1) is 0 Å². The van der Waals surface area contributed by atoms with Gasteiger partial charge >= 0.3 is 0 Å². The fraction of sp³-hybridized carbons (Fsp3) is 0.280. The fourth-order valence-corrected chi connectivity index (χ4v) is 3.75. The average molecular weight is 401 g/mol. The summed E-state index contributed by atoms with van der Waals surface area (Å²) < 4.78 is 0. The van der Waals surface area contributed by atoms with Gasteiger partial charge in [-0.3, -0.25) is 19.6 Å². The minimum Gasteiger partial charge on any atom is -0.351 e. The number of rotatable bonds is 7. The van der Waals surface area contributed by atoms with Crippen molar-refractivity contribution in [1.29, 1.82) is 0 Å². The van der Waals surface area contributed by atoms with Gasteiger partial charge in [0.2, 0.25) is 0 Å². The number of nitrogens with one attached hydrogen (secondary N) is 1.